The van der Waals surface area contributed by atoms with E-state index in [4.69, 9.17) is 19.1 Å². The van der Waals surface area contributed by atoms with Crippen LogP contribution in [0.5, 0.6) is 0 Å². The molecule has 0 saturated carbocycles. The molecule has 1 rings (SSSR count). The van der Waals surface area contributed by atoms with Gasteiger partial charge in [0, 0.05) is 0 Å². The van der Waals surface area contributed by atoms with Crippen molar-refractivity contribution in [3.8, 4) is 0 Å². The van der Waals surface area contributed by atoms with Gasteiger partial charge in [0.05, 0.1) is 0 Å². The van der Waals surface area contributed by atoms with Gasteiger partial charge in [-0.2, -0.15) is 0 Å². The number of hydrogen-bond donors (Lipinski definition) is 0. The third kappa shape index (κ3) is 2.54. The van der Waals surface area contributed by atoms with Crippen molar-refractivity contribution in [1.29, 1.82) is 0 Å². The van der Waals surface area contributed by atoms with Crippen molar-refractivity contribution in [1.82, 2.24) is 0 Å². The zero-order valence-electron chi connectivity index (χ0n) is 13.8. The van der Waals surface area contributed by atoms with Crippen LogP contribution in [0.15, 0.2) is 24.3 Å². The van der Waals surface area contributed by atoms with Crippen molar-refractivity contribution in [2.45, 2.75) is 49.3 Å². The summed E-state index contributed by atoms with van der Waals surface area (Å²) in [5, 5.41) is 0. The topological polar surface area (TPSA) is 3.24 Å². The third-order valence-electron chi connectivity index (χ3n) is 3.31. The van der Waals surface area contributed by atoms with Gasteiger partial charge in [0.25, 0.3) is 0 Å². The summed E-state index contributed by atoms with van der Waals surface area (Å²) in [5.74, 6) is 0. The van der Waals surface area contributed by atoms with Crippen molar-refractivity contribution in [3.05, 3.63) is 24.3 Å². The first-order chi connectivity index (χ1) is 8.72. The first-order valence-corrected chi connectivity index (χ1v) is 13.0. The van der Waals surface area contributed by atoms with E-state index in [0.717, 1.165) is 9.72 Å². The second-order valence-electron chi connectivity index (χ2n) is 6.92. The molecule has 121 valence electrons. The van der Waals surface area contributed by atoms with Gasteiger partial charge in [-0.1, -0.05) is 0 Å². The van der Waals surface area contributed by atoms with Crippen LogP contribution in [0.1, 0.15) is 41.5 Å². The van der Waals surface area contributed by atoms with Gasteiger partial charge < -0.3 is 0 Å². The van der Waals surface area contributed by atoms with Gasteiger partial charge in [-0.05, 0) is 0 Å². The molecule has 20 heavy (non-hydrogen) atoms. The summed E-state index contributed by atoms with van der Waals surface area (Å²) in [7, 11) is 18.7. The molecule has 0 aliphatic rings. The first-order valence-electron chi connectivity index (χ1n) is 6.65. The minimum absolute atomic E-state index is 0.157. The van der Waals surface area contributed by atoms with Gasteiger partial charge in [0.15, 0.2) is 0 Å². The first kappa shape index (κ1) is 18.3. The van der Waals surface area contributed by atoms with E-state index in [1.165, 1.54) is 0 Å². The Kier molecular flexibility index (Phi) is 4.73. The fraction of sp³-hybridized carbons (Fsp3) is 0.625. The Bertz CT molecular complexity index is 461. The van der Waals surface area contributed by atoms with E-state index in [0.29, 0.717) is 0 Å². The summed E-state index contributed by atoms with van der Waals surface area (Å²) in [4.78, 5) is 2.08. The zero-order valence-corrected chi connectivity index (χ0v) is 16.9. The standard InChI is InChI=1S/C8H10N.2C4H9.2ClH.Pd/c1-9(2)8-6-4-3-5-7-8;2*1-4(2)3;;;/h4-7H,1-2H3;2*1-3H3;2*1H;/q;;;;;+2/p-2. The molecule has 0 N–H and O–H groups in total. The molecular weight excluding hydrogens is 384 g/mol. The van der Waals surface area contributed by atoms with Gasteiger partial charge in [-0.25, -0.2) is 0 Å². The second kappa shape index (κ2) is 5.17. The zero-order chi connectivity index (χ0) is 16.0. The van der Waals surface area contributed by atoms with Gasteiger partial charge in [-0.15, -0.1) is 0 Å². The van der Waals surface area contributed by atoms with E-state index in [1.54, 1.807) is 0 Å². The number of benzene rings is 1. The van der Waals surface area contributed by atoms with Gasteiger partial charge in [0.1, 0.15) is 0 Å². The molecule has 1 aromatic rings. The fourth-order valence-corrected chi connectivity index (χ4v) is 10.5. The van der Waals surface area contributed by atoms with Crippen LogP contribution in [0.3, 0.4) is 0 Å². The number of anilines is 1. The summed E-state index contributed by atoms with van der Waals surface area (Å²) < 4.78 is 0.792. The Morgan fingerprint density at radius 2 is 1.15 bits per heavy atom. The summed E-state index contributed by atoms with van der Waals surface area (Å²) in [6, 6.07) is 8.44. The minimum atomic E-state index is -3.58. The summed E-state index contributed by atoms with van der Waals surface area (Å²) in [6.07, 6.45) is 0. The molecule has 4 heteroatoms. The quantitative estimate of drug-likeness (QED) is 0.555. The number of hydrogen-bond acceptors (Lipinski definition) is 1. The molecule has 0 radical (unpaired) electrons. The monoisotopic (exact) mass is 410 g/mol. The Balaban J connectivity index is 3.57. The summed E-state index contributed by atoms with van der Waals surface area (Å²) >= 11 is -3.58. The molecule has 0 bridgehead atoms. The summed E-state index contributed by atoms with van der Waals surface area (Å²) in [6.45, 7) is 13.0. The Labute approximate surface area is 133 Å². The molecule has 0 aromatic heterocycles. The second-order valence-corrected chi connectivity index (χ2v) is 22.0. The maximum atomic E-state index is 7.32. The Hall–Kier alpha value is 0.262. The number of rotatable bonds is 2. The molecule has 0 spiro atoms. The molecule has 0 saturated heterocycles. The predicted octanol–water partition coefficient (Wildman–Crippen LogP) is 5.81. The predicted molar refractivity (Wildman–Crippen MR) is 91.5 cm³/mol. The average molecular weight is 412 g/mol. The number of nitrogens with zero attached hydrogens (tertiary/aromatic N) is 1. The van der Waals surface area contributed by atoms with Crippen molar-refractivity contribution >= 4 is 28.8 Å². The van der Waals surface area contributed by atoms with Crippen LogP contribution in [0, 0.1) is 0 Å². The van der Waals surface area contributed by atoms with Crippen molar-refractivity contribution in [2.24, 2.45) is 0 Å². The van der Waals surface area contributed by atoms with Gasteiger partial charge in [0.2, 0.25) is 0 Å². The SMILES string of the molecule is CN(C)c1cc[c]([Pd]([Cl])([Cl])([C](C)(C)C)[C](C)(C)C)cc1. The van der Waals surface area contributed by atoms with E-state index in [1.807, 2.05) is 14.1 Å². The van der Waals surface area contributed by atoms with Crippen LogP contribution >= 0.6 is 19.1 Å². The number of halogens is 2. The molecule has 0 fully saturated rings. The Morgan fingerprint density at radius 3 is 1.40 bits per heavy atom. The molecule has 0 amide bonds. The van der Waals surface area contributed by atoms with Crippen LogP contribution in [0.2, 0.25) is 7.78 Å². The average Bonchev–Trinajstić information content (AvgIpc) is 2.26. The Morgan fingerprint density at radius 1 is 0.800 bits per heavy atom. The summed E-state index contributed by atoms with van der Waals surface area (Å²) in [5.41, 5.74) is 1.16. The van der Waals surface area contributed by atoms with E-state index in [9.17, 15) is 0 Å². The van der Waals surface area contributed by atoms with Crippen LogP contribution < -0.4 is 8.94 Å². The van der Waals surface area contributed by atoms with E-state index in [-0.39, 0.29) is 7.78 Å². The van der Waals surface area contributed by atoms with Crippen molar-refractivity contribution in [3.63, 3.8) is 0 Å². The van der Waals surface area contributed by atoms with Crippen LogP contribution in [0.4, 0.5) is 5.69 Å². The van der Waals surface area contributed by atoms with Crippen molar-refractivity contribution in [2.75, 3.05) is 19.0 Å². The van der Waals surface area contributed by atoms with Crippen LogP contribution in [-0.4, -0.2) is 14.1 Å². The van der Waals surface area contributed by atoms with E-state index >= 15 is 0 Å². The molecule has 0 aliphatic heterocycles. The van der Waals surface area contributed by atoms with E-state index in [2.05, 4.69) is 70.7 Å². The van der Waals surface area contributed by atoms with Crippen molar-refractivity contribution < 1.29 is 12.3 Å². The molecule has 0 unspecified atom stereocenters. The molecular formula is C16H28Cl2NPd. The fourth-order valence-electron chi connectivity index (χ4n) is 2.17. The third-order valence-corrected chi connectivity index (χ3v) is 23.7. The van der Waals surface area contributed by atoms with Crippen LogP contribution in [0.25, 0.3) is 0 Å². The molecule has 0 atom stereocenters. The molecule has 0 heterocycles. The van der Waals surface area contributed by atoms with Crippen LogP contribution in [-0.2, 0) is 12.3 Å². The maximum absolute atomic E-state index is 7.32. The normalized spacial score (nSPS) is 15.6. The molecule has 1 aromatic carbocycles. The molecule has 1 nitrogen and oxygen atoms in total. The van der Waals surface area contributed by atoms with Gasteiger partial charge >= 0.3 is 134 Å². The van der Waals surface area contributed by atoms with Gasteiger partial charge in [-0.3, -0.25) is 0 Å². The molecule has 0 aliphatic carbocycles. The van der Waals surface area contributed by atoms with E-state index < -0.39 is 12.3 Å².